The molecule has 0 aliphatic carbocycles. The molecule has 0 N–H and O–H groups in total. The van der Waals surface area contributed by atoms with Crippen LogP contribution in [0.4, 0.5) is 0 Å². The van der Waals surface area contributed by atoms with Gasteiger partial charge in [0, 0.05) is 0 Å². The van der Waals surface area contributed by atoms with Gasteiger partial charge in [0.25, 0.3) is 0 Å². The summed E-state index contributed by atoms with van der Waals surface area (Å²) in [6, 6.07) is 3.67. The average Bonchev–Trinajstić information content (AvgIpc) is 2.76. The van der Waals surface area contributed by atoms with Crippen LogP contribution in [0.3, 0.4) is 0 Å². The third-order valence-electron chi connectivity index (χ3n) is 2.77. The minimum absolute atomic E-state index is 0.198. The third kappa shape index (κ3) is 5.21. The molecule has 96 valence electrons. The highest BCUT2D eigenvalue weighted by Crippen LogP contribution is 2.23. The molecule has 0 aliphatic heterocycles. The maximum Gasteiger partial charge on any atom is 0.348 e. The van der Waals surface area contributed by atoms with Gasteiger partial charge >= 0.3 is 5.97 Å². The van der Waals surface area contributed by atoms with E-state index in [0.29, 0.717) is 17.4 Å². The summed E-state index contributed by atoms with van der Waals surface area (Å²) in [7, 11) is 0. The van der Waals surface area contributed by atoms with Crippen molar-refractivity contribution in [3.8, 4) is 0 Å². The van der Waals surface area contributed by atoms with Crippen molar-refractivity contribution >= 4 is 33.2 Å². The van der Waals surface area contributed by atoms with Crippen LogP contribution in [-0.4, -0.2) is 12.6 Å². The Morgan fingerprint density at radius 1 is 1.47 bits per heavy atom. The van der Waals surface area contributed by atoms with E-state index in [4.69, 9.17) is 4.74 Å². The second-order valence-electron chi connectivity index (χ2n) is 4.12. The van der Waals surface area contributed by atoms with Crippen molar-refractivity contribution in [1.29, 1.82) is 0 Å². The van der Waals surface area contributed by atoms with E-state index >= 15 is 0 Å². The molecule has 1 heterocycles. The Hall–Kier alpha value is -0.350. The van der Waals surface area contributed by atoms with E-state index in [9.17, 15) is 4.79 Å². The maximum atomic E-state index is 11.7. The van der Waals surface area contributed by atoms with Gasteiger partial charge in [0.05, 0.1) is 10.4 Å². The quantitative estimate of drug-likeness (QED) is 0.669. The van der Waals surface area contributed by atoms with Gasteiger partial charge in [-0.3, -0.25) is 0 Å². The molecule has 4 heteroatoms. The smallest absolute Gasteiger partial charge is 0.348 e. The van der Waals surface area contributed by atoms with Gasteiger partial charge in [-0.2, -0.15) is 0 Å². The lowest BCUT2D eigenvalue weighted by atomic mass is 10.0. The molecule has 0 aliphatic rings. The summed E-state index contributed by atoms with van der Waals surface area (Å²) in [5.74, 6) is 0.304. The standard InChI is InChI=1S/C13H19BrO2S/c1-3-5-6-10(4-2)9-16-13(15)11-7-8-12(14)17-11/h7-8,10H,3-6,9H2,1-2H3. The number of thiophene rings is 1. The molecular formula is C13H19BrO2S. The first-order valence-electron chi connectivity index (χ1n) is 6.09. The largest absolute Gasteiger partial charge is 0.461 e. The van der Waals surface area contributed by atoms with Crippen molar-refractivity contribution in [2.75, 3.05) is 6.61 Å². The van der Waals surface area contributed by atoms with Crippen molar-refractivity contribution < 1.29 is 9.53 Å². The lowest BCUT2D eigenvalue weighted by molar-refractivity contribution is 0.0434. The Morgan fingerprint density at radius 2 is 2.24 bits per heavy atom. The average molecular weight is 319 g/mol. The zero-order valence-electron chi connectivity index (χ0n) is 10.4. The molecule has 0 radical (unpaired) electrons. The van der Waals surface area contributed by atoms with Gasteiger partial charge in [-0.05, 0) is 40.4 Å². The third-order valence-corrected chi connectivity index (χ3v) is 4.37. The molecule has 0 amide bonds. The molecule has 0 fully saturated rings. The number of carbonyl (C=O) groups is 1. The number of hydrogen-bond donors (Lipinski definition) is 0. The lowest BCUT2D eigenvalue weighted by Crippen LogP contribution is -2.13. The second kappa shape index (κ2) is 7.88. The first kappa shape index (κ1) is 14.7. The molecule has 0 aromatic carbocycles. The van der Waals surface area contributed by atoms with Crippen molar-refractivity contribution in [3.63, 3.8) is 0 Å². The zero-order valence-corrected chi connectivity index (χ0v) is 12.8. The summed E-state index contributed by atoms with van der Waals surface area (Å²) in [5, 5.41) is 0. The van der Waals surface area contributed by atoms with Crippen LogP contribution in [0.1, 0.15) is 49.2 Å². The van der Waals surface area contributed by atoms with E-state index in [1.54, 1.807) is 6.07 Å². The summed E-state index contributed by atoms with van der Waals surface area (Å²) >= 11 is 4.75. The number of hydrogen-bond acceptors (Lipinski definition) is 3. The zero-order chi connectivity index (χ0) is 12.7. The summed E-state index contributed by atoms with van der Waals surface area (Å²) in [6.45, 7) is 4.88. The van der Waals surface area contributed by atoms with Gasteiger partial charge in [-0.25, -0.2) is 4.79 Å². The molecule has 0 saturated heterocycles. The van der Waals surface area contributed by atoms with Gasteiger partial charge in [-0.15, -0.1) is 11.3 Å². The van der Waals surface area contributed by atoms with Crippen molar-refractivity contribution in [3.05, 3.63) is 20.8 Å². The van der Waals surface area contributed by atoms with Crippen LogP contribution in [0.25, 0.3) is 0 Å². The lowest BCUT2D eigenvalue weighted by Gasteiger charge is -2.13. The van der Waals surface area contributed by atoms with Gasteiger partial charge in [0.15, 0.2) is 0 Å². The highest BCUT2D eigenvalue weighted by atomic mass is 79.9. The van der Waals surface area contributed by atoms with E-state index in [1.807, 2.05) is 6.07 Å². The predicted octanol–water partition coefficient (Wildman–Crippen LogP) is 4.88. The SMILES string of the molecule is CCCCC(CC)COC(=O)c1ccc(Br)s1. The molecule has 0 saturated carbocycles. The second-order valence-corrected chi connectivity index (χ2v) is 6.58. The molecule has 2 nitrogen and oxygen atoms in total. The fraction of sp³-hybridized carbons (Fsp3) is 0.615. The molecule has 1 unspecified atom stereocenters. The van der Waals surface area contributed by atoms with E-state index in [0.717, 1.165) is 16.6 Å². The van der Waals surface area contributed by atoms with Gasteiger partial charge in [0.1, 0.15) is 4.88 Å². The Balaban J connectivity index is 2.36. The van der Waals surface area contributed by atoms with Gasteiger partial charge < -0.3 is 4.74 Å². The number of ether oxygens (including phenoxy) is 1. The first-order valence-corrected chi connectivity index (χ1v) is 7.70. The fourth-order valence-corrected chi connectivity index (χ4v) is 2.87. The first-order chi connectivity index (χ1) is 8.17. The van der Waals surface area contributed by atoms with Crippen LogP contribution in [0.5, 0.6) is 0 Å². The number of carbonyl (C=O) groups excluding carboxylic acids is 1. The summed E-state index contributed by atoms with van der Waals surface area (Å²) < 4.78 is 6.30. The number of esters is 1. The summed E-state index contributed by atoms with van der Waals surface area (Å²) in [6.07, 6.45) is 4.62. The van der Waals surface area contributed by atoms with Crippen molar-refractivity contribution in [2.45, 2.75) is 39.5 Å². The summed E-state index contributed by atoms with van der Waals surface area (Å²) in [5.41, 5.74) is 0. The van der Waals surface area contributed by atoms with Crippen molar-refractivity contribution in [1.82, 2.24) is 0 Å². The maximum absolute atomic E-state index is 11.7. The molecule has 1 aromatic rings. The fourth-order valence-electron chi connectivity index (χ4n) is 1.59. The highest BCUT2D eigenvalue weighted by Gasteiger charge is 2.13. The Morgan fingerprint density at radius 3 is 2.76 bits per heavy atom. The van der Waals surface area contributed by atoms with Crippen LogP contribution >= 0.6 is 27.3 Å². The molecule has 1 rings (SSSR count). The Bertz CT molecular complexity index is 349. The molecule has 17 heavy (non-hydrogen) atoms. The highest BCUT2D eigenvalue weighted by molar-refractivity contribution is 9.11. The topological polar surface area (TPSA) is 26.3 Å². The Kier molecular flexibility index (Phi) is 6.82. The molecular weight excluding hydrogens is 300 g/mol. The Labute approximate surface area is 115 Å². The predicted molar refractivity (Wildman–Crippen MR) is 75.6 cm³/mol. The van der Waals surface area contributed by atoms with Crippen LogP contribution in [-0.2, 0) is 4.74 Å². The normalized spacial score (nSPS) is 12.4. The number of halogens is 1. The van der Waals surface area contributed by atoms with E-state index in [2.05, 4.69) is 29.8 Å². The number of rotatable bonds is 7. The van der Waals surface area contributed by atoms with Crippen LogP contribution in [0.15, 0.2) is 15.9 Å². The molecule has 0 bridgehead atoms. The molecule has 0 spiro atoms. The molecule has 1 atom stereocenters. The van der Waals surface area contributed by atoms with Crippen LogP contribution in [0.2, 0.25) is 0 Å². The van der Waals surface area contributed by atoms with Crippen LogP contribution in [0, 0.1) is 5.92 Å². The van der Waals surface area contributed by atoms with Gasteiger partial charge in [-0.1, -0.05) is 33.1 Å². The molecule has 1 aromatic heterocycles. The van der Waals surface area contributed by atoms with E-state index in [-0.39, 0.29) is 5.97 Å². The van der Waals surface area contributed by atoms with E-state index in [1.165, 1.54) is 24.2 Å². The monoisotopic (exact) mass is 318 g/mol. The van der Waals surface area contributed by atoms with Crippen LogP contribution < -0.4 is 0 Å². The summed E-state index contributed by atoms with van der Waals surface area (Å²) in [4.78, 5) is 12.4. The number of unbranched alkanes of at least 4 members (excludes halogenated alkanes) is 1. The van der Waals surface area contributed by atoms with E-state index < -0.39 is 0 Å². The minimum atomic E-state index is -0.198. The van der Waals surface area contributed by atoms with Crippen molar-refractivity contribution in [2.24, 2.45) is 5.92 Å². The minimum Gasteiger partial charge on any atom is -0.461 e. The van der Waals surface area contributed by atoms with Gasteiger partial charge in [0.2, 0.25) is 0 Å².